The number of nitrogens with one attached hydrogen (secondary N) is 1. The summed E-state index contributed by atoms with van der Waals surface area (Å²) in [6.45, 7) is 0.476. The first-order valence-electron chi connectivity index (χ1n) is 5.46. The van der Waals surface area contributed by atoms with Crippen LogP contribution in [0, 0.1) is 0 Å². The monoisotopic (exact) mass is 281 g/mol. The van der Waals surface area contributed by atoms with Gasteiger partial charge in [-0.3, -0.25) is 4.79 Å². The molecule has 0 aliphatic rings. The van der Waals surface area contributed by atoms with Gasteiger partial charge in [0.1, 0.15) is 0 Å². The Morgan fingerprint density at radius 3 is 2.89 bits per heavy atom. The molecule has 0 unspecified atom stereocenters. The van der Waals surface area contributed by atoms with Crippen molar-refractivity contribution in [3.05, 3.63) is 34.9 Å². The Bertz CT molecular complexity index is 585. The number of primary amides is 1. The Morgan fingerprint density at radius 2 is 2.26 bits per heavy atom. The molecule has 1 amide bonds. The molecule has 0 saturated heterocycles. The van der Waals surface area contributed by atoms with Crippen molar-refractivity contribution in [2.75, 3.05) is 17.6 Å². The summed E-state index contributed by atoms with van der Waals surface area (Å²) in [6.07, 6.45) is 1.77. The Hall–Kier alpha value is -2.28. The quantitative estimate of drug-likeness (QED) is 0.705. The van der Waals surface area contributed by atoms with Gasteiger partial charge in [0.15, 0.2) is 5.82 Å². The summed E-state index contributed by atoms with van der Waals surface area (Å²) in [5, 5.41) is 7.02. The molecule has 0 aliphatic carbocycles. The summed E-state index contributed by atoms with van der Waals surface area (Å²) < 4.78 is 4.61. The first-order valence-corrected chi connectivity index (χ1v) is 5.83. The molecule has 19 heavy (non-hydrogen) atoms. The molecule has 5 N–H and O–H groups in total. The van der Waals surface area contributed by atoms with Crippen molar-refractivity contribution in [2.24, 2.45) is 5.73 Å². The normalized spacial score (nSPS) is 10.4. The number of anilines is 2. The summed E-state index contributed by atoms with van der Waals surface area (Å²) in [4.78, 5) is 15.2. The average Bonchev–Trinajstić information content (AvgIpc) is 2.84. The average molecular weight is 282 g/mol. The number of amides is 1. The number of hydrogen-bond acceptors (Lipinski definition) is 6. The third-order valence-electron chi connectivity index (χ3n) is 2.44. The van der Waals surface area contributed by atoms with E-state index in [-0.39, 0.29) is 5.56 Å². The van der Waals surface area contributed by atoms with Crippen molar-refractivity contribution in [3.63, 3.8) is 0 Å². The maximum Gasteiger partial charge on any atom is 0.250 e. The number of benzene rings is 1. The van der Waals surface area contributed by atoms with Gasteiger partial charge in [0, 0.05) is 18.7 Å². The van der Waals surface area contributed by atoms with Crippen LogP contribution in [0.15, 0.2) is 23.0 Å². The van der Waals surface area contributed by atoms with E-state index in [1.807, 2.05) is 0 Å². The second-order valence-corrected chi connectivity index (χ2v) is 4.22. The number of rotatable bonds is 5. The Morgan fingerprint density at radius 1 is 1.47 bits per heavy atom. The van der Waals surface area contributed by atoms with Crippen LogP contribution >= 0.6 is 11.6 Å². The lowest BCUT2D eigenvalue weighted by Crippen LogP contribution is -2.16. The van der Waals surface area contributed by atoms with Gasteiger partial charge in [0.2, 0.25) is 6.39 Å². The molecule has 0 atom stereocenters. The maximum atomic E-state index is 11.3. The van der Waals surface area contributed by atoms with Gasteiger partial charge in [-0.25, -0.2) is 0 Å². The van der Waals surface area contributed by atoms with Crippen LogP contribution in [0.4, 0.5) is 11.4 Å². The Labute approximate surface area is 113 Å². The van der Waals surface area contributed by atoms with Crippen LogP contribution in [0.25, 0.3) is 0 Å². The SMILES string of the molecule is NC(=O)c1cc(N)cc(Cl)c1NCCc1ncon1. The van der Waals surface area contributed by atoms with Gasteiger partial charge in [0.05, 0.1) is 16.3 Å². The molecule has 1 aromatic carbocycles. The van der Waals surface area contributed by atoms with Gasteiger partial charge >= 0.3 is 0 Å². The fourth-order valence-electron chi connectivity index (χ4n) is 1.60. The van der Waals surface area contributed by atoms with Crippen molar-refractivity contribution < 1.29 is 9.32 Å². The third kappa shape index (κ3) is 3.14. The van der Waals surface area contributed by atoms with E-state index in [1.165, 1.54) is 12.5 Å². The molecule has 1 heterocycles. The lowest BCUT2D eigenvalue weighted by molar-refractivity contribution is 0.100. The smallest absolute Gasteiger partial charge is 0.250 e. The van der Waals surface area contributed by atoms with Crippen molar-refractivity contribution in [1.29, 1.82) is 0 Å². The van der Waals surface area contributed by atoms with E-state index in [2.05, 4.69) is 20.0 Å². The molecule has 8 heteroatoms. The van der Waals surface area contributed by atoms with Crippen molar-refractivity contribution in [2.45, 2.75) is 6.42 Å². The van der Waals surface area contributed by atoms with E-state index in [1.54, 1.807) is 6.07 Å². The molecule has 100 valence electrons. The van der Waals surface area contributed by atoms with Gasteiger partial charge in [-0.1, -0.05) is 16.8 Å². The van der Waals surface area contributed by atoms with Gasteiger partial charge in [0.25, 0.3) is 5.91 Å². The minimum Gasteiger partial charge on any atom is -0.399 e. The van der Waals surface area contributed by atoms with Crippen LogP contribution in [-0.2, 0) is 6.42 Å². The Balaban J connectivity index is 2.12. The van der Waals surface area contributed by atoms with Crippen LogP contribution in [0.3, 0.4) is 0 Å². The van der Waals surface area contributed by atoms with Crippen LogP contribution < -0.4 is 16.8 Å². The van der Waals surface area contributed by atoms with Crippen molar-refractivity contribution in [1.82, 2.24) is 10.1 Å². The second-order valence-electron chi connectivity index (χ2n) is 3.81. The molecule has 0 fully saturated rings. The molecule has 0 radical (unpaired) electrons. The highest BCUT2D eigenvalue weighted by Crippen LogP contribution is 2.28. The summed E-state index contributed by atoms with van der Waals surface area (Å²) in [7, 11) is 0. The maximum absolute atomic E-state index is 11.3. The molecule has 2 rings (SSSR count). The molecular weight excluding hydrogens is 270 g/mol. The van der Waals surface area contributed by atoms with E-state index < -0.39 is 5.91 Å². The van der Waals surface area contributed by atoms with Crippen LogP contribution in [0.1, 0.15) is 16.2 Å². The Kier molecular flexibility index (Phi) is 3.86. The van der Waals surface area contributed by atoms with Gasteiger partial charge in [-0.05, 0) is 12.1 Å². The van der Waals surface area contributed by atoms with Crippen molar-refractivity contribution in [3.8, 4) is 0 Å². The number of nitrogen functional groups attached to an aromatic ring is 1. The van der Waals surface area contributed by atoms with E-state index in [9.17, 15) is 4.79 Å². The lowest BCUT2D eigenvalue weighted by Gasteiger charge is -2.12. The zero-order valence-electron chi connectivity index (χ0n) is 9.89. The van der Waals surface area contributed by atoms with Gasteiger partial charge in [-0.15, -0.1) is 0 Å². The lowest BCUT2D eigenvalue weighted by atomic mass is 10.1. The number of carbonyl (C=O) groups is 1. The van der Waals surface area contributed by atoms with E-state index in [0.717, 1.165) is 0 Å². The molecule has 0 spiro atoms. The zero-order valence-corrected chi connectivity index (χ0v) is 10.6. The van der Waals surface area contributed by atoms with Gasteiger partial charge < -0.3 is 21.3 Å². The van der Waals surface area contributed by atoms with Gasteiger partial charge in [-0.2, -0.15) is 4.98 Å². The number of nitrogens with zero attached hydrogens (tertiary/aromatic N) is 2. The van der Waals surface area contributed by atoms with E-state index in [0.29, 0.717) is 35.2 Å². The molecule has 0 aliphatic heterocycles. The highest BCUT2D eigenvalue weighted by Gasteiger charge is 2.13. The second kappa shape index (κ2) is 5.57. The zero-order chi connectivity index (χ0) is 13.8. The van der Waals surface area contributed by atoms with E-state index >= 15 is 0 Å². The van der Waals surface area contributed by atoms with Crippen LogP contribution in [0.2, 0.25) is 5.02 Å². The largest absolute Gasteiger partial charge is 0.399 e. The fraction of sp³-hybridized carbons (Fsp3) is 0.182. The third-order valence-corrected chi connectivity index (χ3v) is 2.73. The highest BCUT2D eigenvalue weighted by molar-refractivity contribution is 6.34. The minimum absolute atomic E-state index is 0.248. The number of carbonyl (C=O) groups excluding carboxylic acids is 1. The minimum atomic E-state index is -0.601. The predicted molar refractivity (Wildman–Crippen MR) is 70.9 cm³/mol. The van der Waals surface area contributed by atoms with E-state index in [4.69, 9.17) is 23.1 Å². The summed E-state index contributed by atoms with van der Waals surface area (Å²) in [5.74, 6) is -0.0454. The number of halogens is 1. The predicted octanol–water partition coefficient (Wildman–Crippen LogP) is 1.06. The molecule has 2 aromatic rings. The molecule has 0 bridgehead atoms. The summed E-state index contributed by atoms with van der Waals surface area (Å²) in [5.41, 5.74) is 12.0. The number of aromatic nitrogens is 2. The number of nitrogens with two attached hydrogens (primary N) is 2. The van der Waals surface area contributed by atoms with Crippen LogP contribution in [-0.4, -0.2) is 22.6 Å². The highest BCUT2D eigenvalue weighted by atomic mass is 35.5. The first kappa shape index (κ1) is 13.2. The molecule has 0 saturated carbocycles. The first-order chi connectivity index (χ1) is 9.08. The topological polar surface area (TPSA) is 120 Å². The number of hydrogen-bond donors (Lipinski definition) is 3. The van der Waals surface area contributed by atoms with Crippen molar-refractivity contribution >= 4 is 28.9 Å². The fourth-order valence-corrected chi connectivity index (χ4v) is 1.90. The standard InChI is InChI=1S/C11H12ClN5O2/c12-8-4-6(13)3-7(11(14)18)10(8)15-2-1-9-16-5-19-17-9/h3-5,15H,1-2,13H2,(H2,14,18). The molecule has 1 aromatic heterocycles. The summed E-state index contributed by atoms with van der Waals surface area (Å²) in [6, 6.07) is 3.02. The summed E-state index contributed by atoms with van der Waals surface area (Å²) >= 11 is 6.04. The molecular formula is C11H12ClN5O2. The molecule has 7 nitrogen and oxygen atoms in total. The van der Waals surface area contributed by atoms with Crippen LogP contribution in [0.5, 0.6) is 0 Å².